The molecule has 1 atom stereocenters. The number of ether oxygens (including phenoxy) is 1. The average Bonchev–Trinajstić information content (AvgIpc) is 2.99. The van der Waals surface area contributed by atoms with Gasteiger partial charge in [-0.05, 0) is 58.4 Å². The van der Waals surface area contributed by atoms with E-state index in [1.54, 1.807) is 17.8 Å². The molecule has 0 spiro atoms. The van der Waals surface area contributed by atoms with Crippen LogP contribution in [0.5, 0.6) is 0 Å². The van der Waals surface area contributed by atoms with E-state index in [0.717, 1.165) is 37.1 Å². The van der Waals surface area contributed by atoms with E-state index in [-0.39, 0.29) is 11.9 Å². The third-order valence-corrected chi connectivity index (χ3v) is 5.14. The van der Waals surface area contributed by atoms with Crippen LogP contribution in [0.15, 0.2) is 12.3 Å². The summed E-state index contributed by atoms with van der Waals surface area (Å²) in [6.07, 6.45) is 6.30. The van der Waals surface area contributed by atoms with E-state index in [2.05, 4.69) is 22.3 Å². The Labute approximate surface area is 142 Å². The van der Waals surface area contributed by atoms with Crippen molar-refractivity contribution in [3.8, 4) is 0 Å². The van der Waals surface area contributed by atoms with E-state index < -0.39 is 0 Å². The highest BCUT2D eigenvalue weighted by Gasteiger charge is 2.27. The van der Waals surface area contributed by atoms with Crippen LogP contribution < -0.4 is 5.32 Å². The Balaban J connectivity index is 1.71. The van der Waals surface area contributed by atoms with E-state index in [4.69, 9.17) is 4.74 Å². The summed E-state index contributed by atoms with van der Waals surface area (Å²) in [7, 11) is 1.78. The van der Waals surface area contributed by atoms with Crippen molar-refractivity contribution in [2.45, 2.75) is 58.6 Å². The number of rotatable bonds is 4. The Morgan fingerprint density at radius 1 is 1.33 bits per heavy atom. The molecule has 0 unspecified atom stereocenters. The van der Waals surface area contributed by atoms with Crippen LogP contribution in [0.4, 0.5) is 0 Å². The summed E-state index contributed by atoms with van der Waals surface area (Å²) in [6.45, 7) is 5.98. The molecule has 0 aromatic carbocycles. The summed E-state index contributed by atoms with van der Waals surface area (Å²) in [6, 6.07) is 2.09. The maximum Gasteiger partial charge on any atom is 0.256 e. The van der Waals surface area contributed by atoms with E-state index >= 15 is 0 Å². The van der Waals surface area contributed by atoms with Crippen molar-refractivity contribution in [2.75, 3.05) is 7.11 Å². The molecule has 24 heavy (non-hydrogen) atoms. The summed E-state index contributed by atoms with van der Waals surface area (Å²) < 4.78 is 7.14. The van der Waals surface area contributed by atoms with Crippen molar-refractivity contribution >= 4 is 11.6 Å². The number of hydrogen-bond acceptors (Lipinski definition) is 4. The van der Waals surface area contributed by atoms with Crippen LogP contribution in [0.3, 0.4) is 0 Å². The van der Waals surface area contributed by atoms with Gasteiger partial charge in [0.15, 0.2) is 5.65 Å². The van der Waals surface area contributed by atoms with Gasteiger partial charge in [0.2, 0.25) is 0 Å². The number of fused-ring (bicyclic) bond motifs is 1. The second kappa shape index (κ2) is 6.89. The highest BCUT2D eigenvalue weighted by atomic mass is 16.5. The van der Waals surface area contributed by atoms with Crippen LogP contribution in [-0.4, -0.2) is 39.8 Å². The maximum atomic E-state index is 12.7. The standard InChI is InChI=1S/C18H26N4O2/c1-11-9-12(2)22-17(20-11)16(10-19-22)18(23)21-13(3)14-5-7-15(24-4)8-6-14/h9-10,13-15H,5-8H2,1-4H3,(H,21,23)/t13-,14-,15+/m1/s1. The van der Waals surface area contributed by atoms with Crippen LogP contribution in [0.25, 0.3) is 5.65 Å². The molecule has 3 rings (SSSR count). The minimum absolute atomic E-state index is 0.0936. The summed E-state index contributed by atoms with van der Waals surface area (Å²) in [5.41, 5.74) is 3.03. The van der Waals surface area contributed by atoms with E-state index in [1.165, 1.54) is 0 Å². The highest BCUT2D eigenvalue weighted by Crippen LogP contribution is 2.28. The predicted octanol–water partition coefficient (Wildman–Crippen LogP) is 2.67. The Hall–Kier alpha value is -1.95. The Morgan fingerprint density at radius 2 is 2.04 bits per heavy atom. The summed E-state index contributed by atoms with van der Waals surface area (Å²) >= 11 is 0. The van der Waals surface area contributed by atoms with Gasteiger partial charge in [-0.25, -0.2) is 9.50 Å². The zero-order valence-electron chi connectivity index (χ0n) is 14.9. The summed E-state index contributed by atoms with van der Waals surface area (Å²) in [5.74, 6) is 0.405. The molecule has 0 radical (unpaired) electrons. The summed E-state index contributed by atoms with van der Waals surface area (Å²) in [5, 5.41) is 7.44. The average molecular weight is 330 g/mol. The van der Waals surface area contributed by atoms with E-state index in [0.29, 0.717) is 23.2 Å². The molecule has 2 aromatic rings. The number of hydrogen-bond donors (Lipinski definition) is 1. The Kier molecular flexibility index (Phi) is 4.85. The Morgan fingerprint density at radius 3 is 2.71 bits per heavy atom. The number of nitrogens with one attached hydrogen (secondary N) is 1. The number of amides is 1. The minimum atomic E-state index is -0.0936. The molecule has 1 fully saturated rings. The quantitative estimate of drug-likeness (QED) is 0.936. The second-order valence-corrected chi connectivity index (χ2v) is 6.87. The molecule has 1 aliphatic rings. The molecule has 6 nitrogen and oxygen atoms in total. The molecular weight excluding hydrogens is 304 g/mol. The third kappa shape index (κ3) is 3.29. The van der Waals surface area contributed by atoms with Crippen LogP contribution in [0, 0.1) is 19.8 Å². The zero-order valence-corrected chi connectivity index (χ0v) is 14.9. The van der Waals surface area contributed by atoms with E-state index in [1.807, 2.05) is 19.9 Å². The normalized spacial score (nSPS) is 22.5. The monoisotopic (exact) mass is 330 g/mol. The molecule has 6 heteroatoms. The summed E-state index contributed by atoms with van der Waals surface area (Å²) in [4.78, 5) is 17.2. The zero-order chi connectivity index (χ0) is 17.3. The molecule has 0 aliphatic heterocycles. The van der Waals surface area contributed by atoms with Crippen molar-refractivity contribution in [1.29, 1.82) is 0 Å². The molecule has 1 amide bonds. The largest absolute Gasteiger partial charge is 0.381 e. The molecule has 1 saturated carbocycles. The lowest BCUT2D eigenvalue weighted by molar-refractivity contribution is 0.0507. The fourth-order valence-corrected chi connectivity index (χ4v) is 3.66. The first-order valence-corrected chi connectivity index (χ1v) is 8.65. The van der Waals surface area contributed by atoms with E-state index in [9.17, 15) is 4.79 Å². The third-order valence-electron chi connectivity index (χ3n) is 5.14. The molecule has 0 saturated heterocycles. The first kappa shape index (κ1) is 16.9. The van der Waals surface area contributed by atoms with Crippen molar-refractivity contribution in [2.24, 2.45) is 5.92 Å². The molecule has 1 aliphatic carbocycles. The lowest BCUT2D eigenvalue weighted by Crippen LogP contribution is -2.40. The minimum Gasteiger partial charge on any atom is -0.381 e. The van der Waals surface area contributed by atoms with Crippen molar-refractivity contribution in [3.63, 3.8) is 0 Å². The first-order valence-electron chi connectivity index (χ1n) is 8.65. The number of carbonyl (C=O) groups excluding carboxylic acids is 1. The maximum absolute atomic E-state index is 12.7. The molecule has 2 aromatic heterocycles. The van der Waals surface area contributed by atoms with Crippen LogP contribution in [-0.2, 0) is 4.74 Å². The fraction of sp³-hybridized carbons (Fsp3) is 0.611. The molecular formula is C18H26N4O2. The smallest absolute Gasteiger partial charge is 0.256 e. The number of nitrogens with zero attached hydrogens (tertiary/aromatic N) is 3. The van der Waals surface area contributed by atoms with Gasteiger partial charge in [-0.15, -0.1) is 0 Å². The SMILES string of the molecule is CO[C@H]1CC[C@@H]([C@@H](C)NC(=O)c2cnn3c(C)cc(C)nc23)CC1. The van der Waals surface area contributed by atoms with Gasteiger partial charge in [0.05, 0.1) is 12.3 Å². The van der Waals surface area contributed by atoms with Crippen LogP contribution >= 0.6 is 0 Å². The molecule has 0 bridgehead atoms. The molecule has 130 valence electrons. The number of aryl methyl sites for hydroxylation is 2. The van der Waals surface area contributed by atoms with Gasteiger partial charge in [-0.3, -0.25) is 4.79 Å². The van der Waals surface area contributed by atoms with Gasteiger partial charge in [-0.2, -0.15) is 5.10 Å². The topological polar surface area (TPSA) is 68.5 Å². The first-order chi connectivity index (χ1) is 11.5. The van der Waals surface area contributed by atoms with Crippen LogP contribution in [0.2, 0.25) is 0 Å². The predicted molar refractivity (Wildman–Crippen MR) is 92.1 cm³/mol. The lowest BCUT2D eigenvalue weighted by atomic mass is 9.83. The highest BCUT2D eigenvalue weighted by molar-refractivity contribution is 5.99. The number of carbonyl (C=O) groups is 1. The van der Waals surface area contributed by atoms with Gasteiger partial charge in [0.1, 0.15) is 5.56 Å². The second-order valence-electron chi connectivity index (χ2n) is 6.87. The van der Waals surface area contributed by atoms with Crippen molar-refractivity contribution in [1.82, 2.24) is 19.9 Å². The fourth-order valence-electron chi connectivity index (χ4n) is 3.66. The van der Waals surface area contributed by atoms with Crippen LogP contribution in [0.1, 0.15) is 54.4 Å². The number of methoxy groups -OCH3 is 1. The van der Waals surface area contributed by atoms with Crippen molar-refractivity contribution < 1.29 is 9.53 Å². The number of aromatic nitrogens is 3. The Bertz CT molecular complexity index is 732. The van der Waals surface area contributed by atoms with Gasteiger partial charge in [-0.1, -0.05) is 0 Å². The van der Waals surface area contributed by atoms with Gasteiger partial charge in [0, 0.05) is 24.5 Å². The van der Waals surface area contributed by atoms with Gasteiger partial charge in [0.25, 0.3) is 5.91 Å². The van der Waals surface area contributed by atoms with Gasteiger partial charge >= 0.3 is 0 Å². The van der Waals surface area contributed by atoms with Crippen molar-refractivity contribution in [3.05, 3.63) is 29.2 Å². The molecule has 1 N–H and O–H groups in total. The van der Waals surface area contributed by atoms with Gasteiger partial charge < -0.3 is 10.1 Å². The lowest BCUT2D eigenvalue weighted by Gasteiger charge is -2.31. The molecule has 2 heterocycles.